The van der Waals surface area contributed by atoms with Gasteiger partial charge in [0, 0.05) is 4.90 Å². The number of anilines is 1. The summed E-state index contributed by atoms with van der Waals surface area (Å²) >= 11 is 1.22. The Kier molecular flexibility index (Phi) is 4.99. The molecule has 0 atom stereocenters. The molecule has 0 amide bonds. The molecule has 0 bridgehead atoms. The zero-order valence-electron chi connectivity index (χ0n) is 10.2. The maximum Gasteiger partial charge on any atom is 0.416 e. The number of nitrogens with one attached hydrogen (secondary N) is 2. The number of nitrogens with two attached hydrogens (primary N) is 1. The molecule has 0 saturated heterocycles. The van der Waals surface area contributed by atoms with Crippen LogP contribution < -0.4 is 11.2 Å². The Morgan fingerprint density at radius 2 is 2.15 bits per heavy atom. The average Bonchev–Trinajstić information content (AvgIpc) is 2.37. The van der Waals surface area contributed by atoms with E-state index in [2.05, 4.69) is 10.5 Å². The Morgan fingerprint density at radius 3 is 2.60 bits per heavy atom. The minimum absolute atomic E-state index is 0.0846. The van der Waals surface area contributed by atoms with E-state index in [1.807, 2.05) is 0 Å². The van der Waals surface area contributed by atoms with Gasteiger partial charge in [-0.3, -0.25) is 10.8 Å². The summed E-state index contributed by atoms with van der Waals surface area (Å²) in [6, 6.07) is 4.69. The van der Waals surface area contributed by atoms with Crippen LogP contribution in [0.15, 0.2) is 28.2 Å². The van der Waals surface area contributed by atoms with Crippen LogP contribution in [0.1, 0.15) is 5.56 Å². The quantitative estimate of drug-likeness (QED) is 0.344. The number of alkyl halides is 3. The monoisotopic (exact) mass is 301 g/mol. The molecular formula is C11H10F3N5S. The topological polar surface area (TPSA) is 98.0 Å². The van der Waals surface area contributed by atoms with E-state index in [1.165, 1.54) is 17.8 Å². The zero-order valence-corrected chi connectivity index (χ0v) is 11.1. The lowest BCUT2D eigenvalue weighted by atomic mass is 10.2. The number of hydrogen-bond donors (Lipinski definition) is 3. The summed E-state index contributed by atoms with van der Waals surface area (Å²) < 4.78 is 37.9. The van der Waals surface area contributed by atoms with Crippen molar-refractivity contribution in [3.63, 3.8) is 0 Å². The van der Waals surface area contributed by atoms with Crippen molar-refractivity contribution in [3.05, 3.63) is 23.8 Å². The predicted octanol–water partition coefficient (Wildman–Crippen LogP) is 2.65. The van der Waals surface area contributed by atoms with Crippen LogP contribution in [-0.2, 0) is 6.18 Å². The smallest absolute Gasteiger partial charge is 0.382 e. The second-order valence-corrected chi connectivity index (χ2v) is 4.36. The number of nitriles is 1. The molecule has 0 unspecified atom stereocenters. The molecule has 0 aliphatic carbocycles. The van der Waals surface area contributed by atoms with E-state index in [1.54, 1.807) is 12.3 Å². The van der Waals surface area contributed by atoms with Crippen LogP contribution >= 0.6 is 11.8 Å². The van der Waals surface area contributed by atoms with Gasteiger partial charge in [0.05, 0.1) is 11.3 Å². The molecule has 0 aliphatic rings. The van der Waals surface area contributed by atoms with E-state index >= 15 is 0 Å². The minimum Gasteiger partial charge on any atom is -0.382 e. The van der Waals surface area contributed by atoms with Gasteiger partial charge in [-0.15, -0.1) is 11.8 Å². The number of nitrogens with zero attached hydrogens (tertiary/aromatic N) is 2. The second kappa shape index (κ2) is 6.29. The predicted molar refractivity (Wildman–Crippen MR) is 71.8 cm³/mol. The third-order valence-electron chi connectivity index (χ3n) is 2.18. The van der Waals surface area contributed by atoms with Crippen LogP contribution in [0.3, 0.4) is 0 Å². The number of halogens is 3. The average molecular weight is 301 g/mol. The second-order valence-electron chi connectivity index (χ2n) is 3.51. The van der Waals surface area contributed by atoms with E-state index in [9.17, 15) is 13.2 Å². The molecule has 0 fully saturated rings. The number of hydrazone groups is 1. The number of thioether (sulfide) groups is 1. The van der Waals surface area contributed by atoms with Crippen LogP contribution in [0.2, 0.25) is 0 Å². The maximum absolute atomic E-state index is 12.6. The Hall–Kier alpha value is -2.21. The Bertz CT molecular complexity index is 589. The van der Waals surface area contributed by atoms with Gasteiger partial charge in [-0.25, -0.2) is 0 Å². The SMILES string of the molecule is CSc1ccc(C(F)(F)F)cc1N/N=C(\C#N)C(=N)N. The maximum atomic E-state index is 12.6. The molecule has 1 aromatic carbocycles. The highest BCUT2D eigenvalue weighted by molar-refractivity contribution is 7.98. The molecule has 20 heavy (non-hydrogen) atoms. The summed E-state index contributed by atoms with van der Waals surface area (Å²) in [6.45, 7) is 0. The molecule has 1 rings (SSSR count). The number of amidine groups is 1. The fraction of sp³-hybridized carbons (Fsp3) is 0.182. The van der Waals surface area contributed by atoms with E-state index in [-0.39, 0.29) is 5.69 Å². The van der Waals surface area contributed by atoms with Crippen molar-refractivity contribution in [2.24, 2.45) is 10.8 Å². The summed E-state index contributed by atoms with van der Waals surface area (Å²) in [6.07, 6.45) is -2.79. The first-order chi connectivity index (χ1) is 9.29. The van der Waals surface area contributed by atoms with Crippen molar-refractivity contribution in [2.45, 2.75) is 11.1 Å². The van der Waals surface area contributed by atoms with Crippen LogP contribution in [0.4, 0.5) is 18.9 Å². The molecule has 0 aliphatic heterocycles. The normalized spacial score (nSPS) is 11.8. The molecule has 0 radical (unpaired) electrons. The lowest BCUT2D eigenvalue weighted by Crippen LogP contribution is -2.22. The van der Waals surface area contributed by atoms with Crippen LogP contribution in [0, 0.1) is 16.7 Å². The standard InChI is InChI=1S/C11H10F3N5S/c1-20-9-3-2-6(11(12,13)14)4-7(9)18-19-8(5-15)10(16)17/h2-4,18H,1H3,(H3,16,17)/b19-8+. The Labute approximate surface area is 117 Å². The van der Waals surface area contributed by atoms with Gasteiger partial charge in [0.25, 0.3) is 0 Å². The van der Waals surface area contributed by atoms with Crippen molar-refractivity contribution >= 4 is 29.0 Å². The van der Waals surface area contributed by atoms with Gasteiger partial charge in [0.1, 0.15) is 6.07 Å². The first kappa shape index (κ1) is 15.8. The number of hydrogen-bond acceptors (Lipinski definition) is 5. The van der Waals surface area contributed by atoms with Gasteiger partial charge in [-0.2, -0.15) is 23.5 Å². The fourth-order valence-electron chi connectivity index (χ4n) is 1.23. The molecular weight excluding hydrogens is 291 g/mol. The molecule has 9 heteroatoms. The minimum atomic E-state index is -4.48. The molecule has 0 heterocycles. The fourth-order valence-corrected chi connectivity index (χ4v) is 1.76. The van der Waals surface area contributed by atoms with Gasteiger partial charge >= 0.3 is 6.18 Å². The van der Waals surface area contributed by atoms with Crippen molar-refractivity contribution in [2.75, 3.05) is 11.7 Å². The van der Waals surface area contributed by atoms with Gasteiger partial charge in [-0.1, -0.05) is 0 Å². The zero-order chi connectivity index (χ0) is 15.3. The Morgan fingerprint density at radius 1 is 1.50 bits per heavy atom. The van der Waals surface area contributed by atoms with E-state index in [0.29, 0.717) is 4.90 Å². The summed E-state index contributed by atoms with van der Waals surface area (Å²) in [4.78, 5) is 0.516. The number of benzene rings is 1. The van der Waals surface area contributed by atoms with Gasteiger partial charge in [0.2, 0.25) is 5.71 Å². The van der Waals surface area contributed by atoms with Crippen molar-refractivity contribution in [1.29, 1.82) is 10.7 Å². The highest BCUT2D eigenvalue weighted by atomic mass is 32.2. The Balaban J connectivity index is 3.16. The van der Waals surface area contributed by atoms with Crippen LogP contribution in [0.5, 0.6) is 0 Å². The number of rotatable bonds is 4. The first-order valence-corrected chi connectivity index (χ1v) is 6.35. The summed E-state index contributed by atoms with van der Waals surface area (Å²) in [5.74, 6) is -0.572. The highest BCUT2D eigenvalue weighted by Gasteiger charge is 2.31. The van der Waals surface area contributed by atoms with Crippen molar-refractivity contribution < 1.29 is 13.2 Å². The third kappa shape index (κ3) is 3.89. The third-order valence-corrected chi connectivity index (χ3v) is 2.97. The van der Waals surface area contributed by atoms with Gasteiger partial charge in [0.15, 0.2) is 5.84 Å². The van der Waals surface area contributed by atoms with Gasteiger partial charge < -0.3 is 5.73 Å². The van der Waals surface area contributed by atoms with E-state index < -0.39 is 23.3 Å². The van der Waals surface area contributed by atoms with Crippen molar-refractivity contribution in [1.82, 2.24) is 0 Å². The van der Waals surface area contributed by atoms with E-state index in [4.69, 9.17) is 16.4 Å². The molecule has 0 aromatic heterocycles. The molecule has 4 N–H and O–H groups in total. The van der Waals surface area contributed by atoms with E-state index in [0.717, 1.165) is 12.1 Å². The lowest BCUT2D eigenvalue weighted by molar-refractivity contribution is -0.137. The van der Waals surface area contributed by atoms with Crippen LogP contribution in [0.25, 0.3) is 0 Å². The van der Waals surface area contributed by atoms with Crippen LogP contribution in [-0.4, -0.2) is 17.8 Å². The summed E-state index contributed by atoms with van der Waals surface area (Å²) in [5.41, 5.74) is 6.26. The summed E-state index contributed by atoms with van der Waals surface area (Å²) in [7, 11) is 0. The van der Waals surface area contributed by atoms with Crippen molar-refractivity contribution in [3.8, 4) is 6.07 Å². The first-order valence-electron chi connectivity index (χ1n) is 5.13. The molecule has 5 nitrogen and oxygen atoms in total. The molecule has 0 saturated carbocycles. The lowest BCUT2D eigenvalue weighted by Gasteiger charge is -2.11. The molecule has 1 aromatic rings. The molecule has 0 spiro atoms. The van der Waals surface area contributed by atoms with Gasteiger partial charge in [-0.05, 0) is 24.5 Å². The largest absolute Gasteiger partial charge is 0.416 e. The highest BCUT2D eigenvalue weighted by Crippen LogP contribution is 2.34. The summed E-state index contributed by atoms with van der Waals surface area (Å²) in [5, 5.41) is 19.2. The molecule has 106 valence electrons.